The molecule has 2 aromatic carbocycles. The lowest BCUT2D eigenvalue weighted by Crippen LogP contribution is -2.40. The van der Waals surface area contributed by atoms with Gasteiger partial charge in [-0.05, 0) is 17.7 Å². The van der Waals surface area contributed by atoms with E-state index in [0.717, 1.165) is 18.2 Å². The summed E-state index contributed by atoms with van der Waals surface area (Å²) in [5, 5.41) is 50.9. The lowest BCUT2D eigenvalue weighted by atomic mass is 9.78. The molecule has 0 amide bonds. The van der Waals surface area contributed by atoms with Gasteiger partial charge in [-0.25, -0.2) is 0 Å². The maximum absolute atomic E-state index is 13.2. The van der Waals surface area contributed by atoms with Crippen molar-refractivity contribution in [3.8, 4) is 23.0 Å². The summed E-state index contributed by atoms with van der Waals surface area (Å²) in [6.07, 6.45) is 0.785. The molecule has 2 aromatic rings. The molecule has 140 valence electrons. The first-order valence-corrected chi connectivity index (χ1v) is 8.28. The van der Waals surface area contributed by atoms with E-state index in [1.165, 1.54) is 12.1 Å². The molecule has 1 aliphatic heterocycles. The smallest absolute Gasteiger partial charge is 0.243 e. The van der Waals surface area contributed by atoms with Gasteiger partial charge in [0.2, 0.25) is 5.79 Å². The van der Waals surface area contributed by atoms with Crippen molar-refractivity contribution in [2.75, 3.05) is 0 Å². The van der Waals surface area contributed by atoms with Gasteiger partial charge in [0.15, 0.2) is 11.6 Å². The minimum Gasteiger partial charge on any atom is -0.508 e. The Morgan fingerprint density at radius 3 is 2.25 bits per heavy atom. The molecule has 8 nitrogen and oxygen atoms in total. The van der Waals surface area contributed by atoms with Crippen LogP contribution in [0.5, 0.6) is 23.0 Å². The molecule has 0 aromatic heterocycles. The van der Waals surface area contributed by atoms with Crippen LogP contribution < -0.4 is 0 Å². The number of Topliss-reactive ketones (excluding diaryl/α,β-unsaturated/α-hetero) is 1. The van der Waals surface area contributed by atoms with Crippen LogP contribution >= 0.6 is 0 Å². The zero-order valence-corrected chi connectivity index (χ0v) is 14.1. The Morgan fingerprint density at radius 1 is 0.893 bits per heavy atom. The molecule has 0 saturated heterocycles. The number of rotatable bonds is 0. The molecule has 1 heterocycles. The quantitative estimate of drug-likeness (QED) is 0.462. The topological polar surface area (TPSA) is 145 Å². The van der Waals surface area contributed by atoms with Gasteiger partial charge in [-0.15, -0.1) is 0 Å². The molecule has 0 unspecified atom stereocenters. The zero-order valence-electron chi connectivity index (χ0n) is 14.1. The number of phenolic OH excluding ortho intramolecular Hbond substituents is 4. The van der Waals surface area contributed by atoms with Crippen molar-refractivity contribution in [2.24, 2.45) is 0 Å². The molecule has 8 heteroatoms. The van der Waals surface area contributed by atoms with Crippen LogP contribution in [0.4, 0.5) is 0 Å². The summed E-state index contributed by atoms with van der Waals surface area (Å²) < 4.78 is 5.55. The van der Waals surface area contributed by atoms with E-state index in [-0.39, 0.29) is 57.1 Å². The Balaban J connectivity index is 1.86. The summed E-state index contributed by atoms with van der Waals surface area (Å²) in [7, 11) is 0. The van der Waals surface area contributed by atoms with E-state index in [2.05, 4.69) is 0 Å². The van der Waals surface area contributed by atoms with Gasteiger partial charge in [-0.2, -0.15) is 0 Å². The average Bonchev–Trinajstić information content (AvgIpc) is 2.85. The van der Waals surface area contributed by atoms with E-state index in [4.69, 9.17) is 4.74 Å². The highest BCUT2D eigenvalue weighted by atomic mass is 16.6. The number of benzene rings is 2. The van der Waals surface area contributed by atoms with Gasteiger partial charge in [0, 0.05) is 35.8 Å². The van der Waals surface area contributed by atoms with Crippen LogP contribution in [0.15, 0.2) is 41.7 Å². The Morgan fingerprint density at radius 2 is 1.54 bits per heavy atom. The normalized spacial score (nSPS) is 22.1. The number of aromatic hydroxyl groups is 4. The lowest BCUT2D eigenvalue weighted by Gasteiger charge is -2.30. The monoisotopic (exact) mass is 380 g/mol. The van der Waals surface area contributed by atoms with Crippen molar-refractivity contribution in [3.63, 3.8) is 0 Å². The Bertz CT molecular complexity index is 1200. The highest BCUT2D eigenvalue weighted by molar-refractivity contribution is 6.24. The molecule has 0 spiro atoms. The van der Waals surface area contributed by atoms with Crippen LogP contribution in [0.1, 0.15) is 31.8 Å². The standard InChI is InChI=1S/C20H12O8/c21-8-1-7-6-20(27)18(19(26)15(7)11(23)3-8)17-10-2-9(22)4-12(24)16(10)13(25)5-14(17)28-20/h1-5,21-24,27H,6H2/t20-/m0/s1. The predicted molar refractivity (Wildman–Crippen MR) is 92.9 cm³/mol. The number of ketones is 2. The summed E-state index contributed by atoms with van der Waals surface area (Å²) in [6.45, 7) is 0. The van der Waals surface area contributed by atoms with Crippen molar-refractivity contribution in [3.05, 3.63) is 63.9 Å². The number of phenols is 4. The average molecular weight is 380 g/mol. The number of carbonyl (C=O) groups excluding carboxylic acids is 2. The second-order valence-electron chi connectivity index (χ2n) is 6.90. The predicted octanol–water partition coefficient (Wildman–Crippen LogP) is 1.50. The third kappa shape index (κ3) is 1.92. The number of fused-ring (bicyclic) bond motifs is 5. The van der Waals surface area contributed by atoms with E-state index in [1.807, 2.05) is 0 Å². The molecule has 0 bridgehead atoms. The minimum atomic E-state index is -2.13. The van der Waals surface area contributed by atoms with Crippen molar-refractivity contribution in [1.82, 2.24) is 0 Å². The molecule has 3 aliphatic rings. The second kappa shape index (κ2) is 4.93. The van der Waals surface area contributed by atoms with E-state index >= 15 is 0 Å². The molecular weight excluding hydrogens is 368 g/mol. The fourth-order valence-corrected chi connectivity index (χ4v) is 4.10. The fourth-order valence-electron chi connectivity index (χ4n) is 4.10. The number of carbonyl (C=O) groups is 2. The van der Waals surface area contributed by atoms with Crippen molar-refractivity contribution in [2.45, 2.75) is 12.2 Å². The van der Waals surface area contributed by atoms with Crippen LogP contribution in [0.2, 0.25) is 0 Å². The molecular formula is C20H12O8. The molecule has 0 saturated carbocycles. The van der Waals surface area contributed by atoms with Crippen LogP contribution in [-0.4, -0.2) is 42.9 Å². The summed E-state index contributed by atoms with van der Waals surface area (Å²) in [5.74, 6) is -5.13. The first kappa shape index (κ1) is 16.4. The zero-order chi connectivity index (χ0) is 20.0. The number of aliphatic hydroxyl groups is 1. The number of hydrogen-bond acceptors (Lipinski definition) is 8. The summed E-state index contributed by atoms with van der Waals surface area (Å²) in [5.41, 5.74) is -0.166. The molecule has 0 radical (unpaired) electrons. The Hall–Kier alpha value is -3.78. The van der Waals surface area contributed by atoms with E-state index in [9.17, 15) is 35.1 Å². The largest absolute Gasteiger partial charge is 0.508 e. The van der Waals surface area contributed by atoms with Crippen molar-refractivity contribution < 1.29 is 39.9 Å². The second-order valence-corrected chi connectivity index (χ2v) is 6.90. The van der Waals surface area contributed by atoms with Crippen LogP contribution in [0.3, 0.4) is 0 Å². The van der Waals surface area contributed by atoms with Crippen LogP contribution in [0, 0.1) is 0 Å². The van der Waals surface area contributed by atoms with Crippen LogP contribution in [-0.2, 0) is 11.2 Å². The van der Waals surface area contributed by atoms with Gasteiger partial charge in [-0.1, -0.05) is 0 Å². The first-order chi connectivity index (χ1) is 13.2. The molecule has 5 rings (SSSR count). The van der Waals surface area contributed by atoms with Gasteiger partial charge < -0.3 is 30.3 Å². The molecule has 0 fully saturated rings. The van der Waals surface area contributed by atoms with Gasteiger partial charge in [0.05, 0.1) is 16.7 Å². The minimum absolute atomic E-state index is 0.0426. The number of allylic oxidation sites excluding steroid dienone is 2. The van der Waals surface area contributed by atoms with Gasteiger partial charge >= 0.3 is 0 Å². The van der Waals surface area contributed by atoms with Crippen molar-refractivity contribution >= 4 is 17.1 Å². The summed E-state index contributed by atoms with van der Waals surface area (Å²) in [4.78, 5) is 25.6. The lowest BCUT2D eigenvalue weighted by molar-refractivity contribution is -0.130. The Labute approximate surface area is 156 Å². The number of ether oxygens (including phenoxy) is 1. The molecule has 1 atom stereocenters. The summed E-state index contributed by atoms with van der Waals surface area (Å²) in [6, 6.07) is 4.43. The fraction of sp³-hybridized carbons (Fsp3) is 0.100. The van der Waals surface area contributed by atoms with E-state index in [0.29, 0.717) is 0 Å². The summed E-state index contributed by atoms with van der Waals surface area (Å²) >= 11 is 0. The number of hydrogen-bond donors (Lipinski definition) is 5. The first-order valence-electron chi connectivity index (χ1n) is 8.28. The third-order valence-electron chi connectivity index (χ3n) is 5.11. The Kier molecular flexibility index (Phi) is 2.89. The van der Waals surface area contributed by atoms with E-state index < -0.39 is 28.9 Å². The third-order valence-corrected chi connectivity index (χ3v) is 5.11. The van der Waals surface area contributed by atoms with Crippen LogP contribution in [0.25, 0.3) is 5.57 Å². The maximum atomic E-state index is 13.2. The highest BCUT2D eigenvalue weighted by Crippen LogP contribution is 2.53. The molecule has 5 N–H and O–H groups in total. The SMILES string of the molecule is O=C1C2=C3C(=CC(=O)c4c(O)cc(O)cc43)O[C@@]2(O)Cc2cc(O)cc(O)c21. The van der Waals surface area contributed by atoms with Gasteiger partial charge in [0.25, 0.3) is 0 Å². The highest BCUT2D eigenvalue weighted by Gasteiger charge is 2.54. The van der Waals surface area contributed by atoms with Crippen molar-refractivity contribution in [1.29, 1.82) is 0 Å². The molecule has 28 heavy (non-hydrogen) atoms. The maximum Gasteiger partial charge on any atom is 0.243 e. The van der Waals surface area contributed by atoms with E-state index in [1.54, 1.807) is 0 Å². The molecule has 2 aliphatic carbocycles. The van der Waals surface area contributed by atoms with Gasteiger partial charge in [0.1, 0.15) is 28.8 Å². The van der Waals surface area contributed by atoms with Gasteiger partial charge in [-0.3, -0.25) is 9.59 Å².